The van der Waals surface area contributed by atoms with Crippen LogP contribution in [0.25, 0.3) is 22.4 Å². The zero-order valence-electron chi connectivity index (χ0n) is 13.5. The van der Waals surface area contributed by atoms with Gasteiger partial charge in [0, 0.05) is 12.6 Å². The normalized spacial score (nSPS) is 10.9. The molecule has 0 atom stereocenters. The Morgan fingerprint density at radius 2 is 1.87 bits per heavy atom. The number of hydrogen-bond acceptors (Lipinski definition) is 3. The highest BCUT2D eigenvalue weighted by atomic mass is 16.5. The van der Waals surface area contributed by atoms with Crippen LogP contribution in [0.1, 0.15) is 30.1 Å². The van der Waals surface area contributed by atoms with Gasteiger partial charge in [-0.3, -0.25) is 0 Å². The van der Waals surface area contributed by atoms with Crippen molar-refractivity contribution < 1.29 is 9.53 Å². The SMILES string of the molecule is CCCCOC(=O)c1ccc(-c2nc3ccccc3n2C)cc1. The van der Waals surface area contributed by atoms with Crippen molar-refractivity contribution in [3.63, 3.8) is 0 Å². The summed E-state index contributed by atoms with van der Waals surface area (Å²) in [6, 6.07) is 15.4. The van der Waals surface area contributed by atoms with Crippen LogP contribution in [0.3, 0.4) is 0 Å². The lowest BCUT2D eigenvalue weighted by Crippen LogP contribution is -2.06. The number of benzene rings is 2. The van der Waals surface area contributed by atoms with Gasteiger partial charge in [-0.05, 0) is 30.7 Å². The summed E-state index contributed by atoms with van der Waals surface area (Å²) in [6.07, 6.45) is 1.91. The lowest BCUT2D eigenvalue weighted by atomic mass is 10.1. The molecule has 0 amide bonds. The standard InChI is InChI=1S/C19H20N2O2/c1-3-4-13-23-19(22)15-11-9-14(10-12-15)18-20-16-7-5-6-8-17(16)21(18)2/h5-12H,3-4,13H2,1-2H3. The molecule has 0 aliphatic carbocycles. The molecule has 118 valence electrons. The summed E-state index contributed by atoms with van der Waals surface area (Å²) < 4.78 is 7.29. The molecule has 4 heteroatoms. The van der Waals surface area contributed by atoms with Crippen molar-refractivity contribution in [2.75, 3.05) is 6.61 Å². The maximum absolute atomic E-state index is 11.9. The minimum atomic E-state index is -0.269. The molecule has 0 radical (unpaired) electrons. The average molecular weight is 308 g/mol. The van der Waals surface area contributed by atoms with Crippen molar-refractivity contribution in [2.24, 2.45) is 7.05 Å². The van der Waals surface area contributed by atoms with Crippen LogP contribution < -0.4 is 0 Å². The molecule has 3 aromatic rings. The van der Waals surface area contributed by atoms with E-state index in [1.165, 1.54) is 0 Å². The Morgan fingerprint density at radius 1 is 1.13 bits per heavy atom. The number of imidazole rings is 1. The number of carbonyl (C=O) groups excluding carboxylic acids is 1. The van der Waals surface area contributed by atoms with Crippen LogP contribution in [0.5, 0.6) is 0 Å². The molecule has 0 N–H and O–H groups in total. The highest BCUT2D eigenvalue weighted by Crippen LogP contribution is 2.23. The van der Waals surface area contributed by atoms with Gasteiger partial charge in [0.15, 0.2) is 0 Å². The van der Waals surface area contributed by atoms with Crippen molar-refractivity contribution >= 4 is 17.0 Å². The van der Waals surface area contributed by atoms with Gasteiger partial charge in [-0.1, -0.05) is 37.6 Å². The van der Waals surface area contributed by atoms with Gasteiger partial charge in [-0.2, -0.15) is 0 Å². The minimum absolute atomic E-state index is 0.269. The van der Waals surface area contributed by atoms with E-state index in [-0.39, 0.29) is 5.97 Å². The van der Waals surface area contributed by atoms with E-state index in [1.807, 2.05) is 43.4 Å². The fourth-order valence-corrected chi connectivity index (χ4v) is 2.55. The van der Waals surface area contributed by atoms with Gasteiger partial charge < -0.3 is 9.30 Å². The second kappa shape index (κ2) is 6.65. The largest absolute Gasteiger partial charge is 0.462 e. The fourth-order valence-electron chi connectivity index (χ4n) is 2.55. The number of ether oxygens (including phenoxy) is 1. The smallest absolute Gasteiger partial charge is 0.338 e. The van der Waals surface area contributed by atoms with Crippen LogP contribution in [-0.4, -0.2) is 22.1 Å². The quantitative estimate of drug-likeness (QED) is 0.524. The van der Waals surface area contributed by atoms with Gasteiger partial charge in [0.2, 0.25) is 0 Å². The van der Waals surface area contributed by atoms with Crippen molar-refractivity contribution in [3.05, 3.63) is 54.1 Å². The summed E-state index contributed by atoms with van der Waals surface area (Å²) >= 11 is 0. The predicted molar refractivity (Wildman–Crippen MR) is 91.3 cm³/mol. The topological polar surface area (TPSA) is 44.1 Å². The van der Waals surface area contributed by atoms with Gasteiger partial charge in [0.25, 0.3) is 0 Å². The zero-order valence-corrected chi connectivity index (χ0v) is 13.5. The van der Waals surface area contributed by atoms with Crippen LogP contribution in [0.15, 0.2) is 48.5 Å². The second-order valence-electron chi connectivity index (χ2n) is 5.55. The van der Waals surface area contributed by atoms with Crippen molar-refractivity contribution in [2.45, 2.75) is 19.8 Å². The monoisotopic (exact) mass is 308 g/mol. The van der Waals surface area contributed by atoms with Crippen LogP contribution in [0.2, 0.25) is 0 Å². The van der Waals surface area contributed by atoms with Crippen LogP contribution in [0, 0.1) is 0 Å². The molecule has 0 aliphatic heterocycles. The third kappa shape index (κ3) is 3.11. The van der Waals surface area contributed by atoms with Crippen LogP contribution in [0.4, 0.5) is 0 Å². The van der Waals surface area contributed by atoms with E-state index < -0.39 is 0 Å². The maximum atomic E-state index is 11.9. The van der Waals surface area contributed by atoms with Gasteiger partial charge in [0.05, 0.1) is 23.2 Å². The van der Waals surface area contributed by atoms with Crippen molar-refractivity contribution in [1.29, 1.82) is 0 Å². The number of para-hydroxylation sites is 2. The van der Waals surface area contributed by atoms with Crippen molar-refractivity contribution in [1.82, 2.24) is 9.55 Å². The maximum Gasteiger partial charge on any atom is 0.338 e. The highest BCUT2D eigenvalue weighted by Gasteiger charge is 2.11. The first kappa shape index (κ1) is 15.3. The number of fused-ring (bicyclic) bond motifs is 1. The number of aromatic nitrogens is 2. The van der Waals surface area contributed by atoms with Crippen molar-refractivity contribution in [3.8, 4) is 11.4 Å². The predicted octanol–water partition coefficient (Wildman–Crippen LogP) is 4.20. The number of esters is 1. The molecule has 0 unspecified atom stereocenters. The van der Waals surface area contributed by atoms with Gasteiger partial charge >= 0.3 is 5.97 Å². The van der Waals surface area contributed by atoms with Crippen LogP contribution >= 0.6 is 0 Å². The third-order valence-electron chi connectivity index (χ3n) is 3.90. The molecule has 0 bridgehead atoms. The van der Waals surface area contributed by atoms with E-state index >= 15 is 0 Å². The molecule has 0 aliphatic rings. The number of rotatable bonds is 5. The molecule has 0 saturated heterocycles. The summed E-state index contributed by atoms with van der Waals surface area (Å²) in [5.41, 5.74) is 3.61. The van der Waals surface area contributed by atoms with E-state index in [2.05, 4.69) is 16.5 Å². The Labute approximate surface area is 135 Å². The van der Waals surface area contributed by atoms with Gasteiger partial charge in [-0.25, -0.2) is 9.78 Å². The minimum Gasteiger partial charge on any atom is -0.462 e. The van der Waals surface area contributed by atoms with Crippen LogP contribution in [-0.2, 0) is 11.8 Å². The summed E-state index contributed by atoms with van der Waals surface area (Å²) in [7, 11) is 2.00. The molecular formula is C19H20N2O2. The third-order valence-corrected chi connectivity index (χ3v) is 3.90. The molecule has 0 fully saturated rings. The lowest BCUT2D eigenvalue weighted by molar-refractivity contribution is 0.0500. The van der Waals surface area contributed by atoms with E-state index in [9.17, 15) is 4.79 Å². The van der Waals surface area contributed by atoms with E-state index in [4.69, 9.17) is 4.74 Å². The Hall–Kier alpha value is -2.62. The number of nitrogens with zero attached hydrogens (tertiary/aromatic N) is 2. The fraction of sp³-hybridized carbons (Fsp3) is 0.263. The molecule has 4 nitrogen and oxygen atoms in total. The summed E-state index contributed by atoms with van der Waals surface area (Å²) in [4.78, 5) is 16.6. The Kier molecular flexibility index (Phi) is 4.42. The average Bonchev–Trinajstić information content (AvgIpc) is 2.92. The zero-order chi connectivity index (χ0) is 16.2. The van der Waals surface area contributed by atoms with Gasteiger partial charge in [-0.15, -0.1) is 0 Å². The lowest BCUT2D eigenvalue weighted by Gasteiger charge is -2.06. The molecule has 3 rings (SSSR count). The van der Waals surface area contributed by atoms with E-state index in [1.54, 1.807) is 12.1 Å². The summed E-state index contributed by atoms with van der Waals surface area (Å²) in [5, 5.41) is 0. The first-order valence-corrected chi connectivity index (χ1v) is 7.89. The number of carbonyl (C=O) groups is 1. The number of unbranched alkanes of at least 4 members (excludes halogenated alkanes) is 1. The number of hydrogen-bond donors (Lipinski definition) is 0. The summed E-state index contributed by atoms with van der Waals surface area (Å²) in [6.45, 7) is 2.54. The molecular weight excluding hydrogens is 288 g/mol. The summed E-state index contributed by atoms with van der Waals surface area (Å²) in [5.74, 6) is 0.618. The molecule has 1 aromatic heterocycles. The van der Waals surface area contributed by atoms with E-state index in [0.717, 1.165) is 35.3 Å². The highest BCUT2D eigenvalue weighted by molar-refractivity contribution is 5.90. The molecule has 1 heterocycles. The Bertz CT molecular complexity index is 819. The Balaban J connectivity index is 1.83. The van der Waals surface area contributed by atoms with E-state index in [0.29, 0.717) is 12.2 Å². The first-order chi connectivity index (χ1) is 11.2. The molecule has 2 aromatic carbocycles. The molecule has 0 spiro atoms. The number of aryl methyl sites for hydroxylation is 1. The Morgan fingerprint density at radius 3 is 2.57 bits per heavy atom. The second-order valence-corrected chi connectivity index (χ2v) is 5.55. The molecule has 23 heavy (non-hydrogen) atoms. The first-order valence-electron chi connectivity index (χ1n) is 7.89. The molecule has 0 saturated carbocycles. The van der Waals surface area contributed by atoms with Gasteiger partial charge in [0.1, 0.15) is 5.82 Å².